The molecule has 1 amide bonds. The van der Waals surface area contributed by atoms with Gasteiger partial charge in [0.2, 0.25) is 0 Å². The number of hydrogen-bond acceptors (Lipinski definition) is 3. The van der Waals surface area contributed by atoms with Gasteiger partial charge in [-0.25, -0.2) is 4.98 Å². The maximum Gasteiger partial charge on any atom is 0.260 e. The fraction of sp³-hybridized carbons (Fsp3) is 0.0909. The molecule has 4 aromatic rings. The first-order valence-electron chi connectivity index (χ1n) is 8.70. The number of halogens is 2. The number of benzene rings is 3. The predicted molar refractivity (Wildman–Crippen MR) is 118 cm³/mol. The number of carbonyl (C=O) groups is 1. The van der Waals surface area contributed by atoms with Crippen LogP contribution in [0.1, 0.15) is 21.5 Å². The van der Waals surface area contributed by atoms with E-state index in [2.05, 4.69) is 0 Å². The van der Waals surface area contributed by atoms with Crippen molar-refractivity contribution < 1.29 is 4.79 Å². The van der Waals surface area contributed by atoms with E-state index in [0.29, 0.717) is 27.3 Å². The quantitative estimate of drug-likeness (QED) is 0.361. The zero-order chi connectivity index (χ0) is 19.7. The second-order valence-electron chi connectivity index (χ2n) is 6.43. The molecule has 28 heavy (non-hydrogen) atoms. The van der Waals surface area contributed by atoms with E-state index in [1.807, 2.05) is 49.4 Å². The summed E-state index contributed by atoms with van der Waals surface area (Å²) in [7, 11) is 0. The van der Waals surface area contributed by atoms with Crippen molar-refractivity contribution in [2.75, 3.05) is 4.90 Å². The highest BCUT2D eigenvalue weighted by atomic mass is 35.5. The Morgan fingerprint density at radius 3 is 2.54 bits per heavy atom. The first-order valence-corrected chi connectivity index (χ1v) is 10.3. The largest absolute Gasteiger partial charge is 0.279 e. The van der Waals surface area contributed by atoms with Gasteiger partial charge in [-0.1, -0.05) is 77.0 Å². The Morgan fingerprint density at radius 1 is 1.04 bits per heavy atom. The van der Waals surface area contributed by atoms with Gasteiger partial charge in [-0.05, 0) is 42.3 Å². The number of amides is 1. The van der Waals surface area contributed by atoms with Crippen LogP contribution in [0.15, 0.2) is 66.7 Å². The molecule has 3 nitrogen and oxygen atoms in total. The smallest absolute Gasteiger partial charge is 0.260 e. The van der Waals surface area contributed by atoms with Crippen molar-refractivity contribution >= 4 is 55.8 Å². The average Bonchev–Trinajstić information content (AvgIpc) is 3.16. The van der Waals surface area contributed by atoms with Crippen LogP contribution < -0.4 is 4.90 Å². The van der Waals surface area contributed by atoms with Crippen LogP contribution in [0.3, 0.4) is 0 Å². The molecule has 0 N–H and O–H groups in total. The number of anilines is 1. The van der Waals surface area contributed by atoms with Gasteiger partial charge >= 0.3 is 0 Å². The molecular weight excluding hydrogens is 411 g/mol. The second kappa shape index (κ2) is 7.92. The Morgan fingerprint density at radius 2 is 1.82 bits per heavy atom. The Labute approximate surface area is 177 Å². The van der Waals surface area contributed by atoms with E-state index in [0.717, 1.165) is 21.3 Å². The average molecular weight is 427 g/mol. The lowest BCUT2D eigenvalue weighted by atomic mass is 10.1. The minimum Gasteiger partial charge on any atom is -0.279 e. The van der Waals surface area contributed by atoms with Crippen molar-refractivity contribution in [3.63, 3.8) is 0 Å². The van der Waals surface area contributed by atoms with Crippen LogP contribution in [-0.4, -0.2) is 10.9 Å². The van der Waals surface area contributed by atoms with Gasteiger partial charge in [-0.2, -0.15) is 0 Å². The molecule has 0 spiro atoms. The molecule has 0 saturated carbocycles. The summed E-state index contributed by atoms with van der Waals surface area (Å²) in [5.74, 6) is -0.154. The Kier molecular flexibility index (Phi) is 5.36. The minimum absolute atomic E-state index is 0.154. The SMILES string of the molecule is Cc1ccc(Cl)c2sc(N(Cc3ccccc3)C(=O)c3cccc(Cl)c3)nc12. The van der Waals surface area contributed by atoms with E-state index < -0.39 is 0 Å². The summed E-state index contributed by atoms with van der Waals surface area (Å²) in [5.41, 5.74) is 3.38. The van der Waals surface area contributed by atoms with Crippen LogP contribution >= 0.6 is 34.5 Å². The number of aromatic nitrogens is 1. The maximum atomic E-state index is 13.3. The Balaban J connectivity index is 1.82. The van der Waals surface area contributed by atoms with Crippen LogP contribution in [-0.2, 0) is 6.54 Å². The summed E-state index contributed by atoms with van der Waals surface area (Å²) in [6, 6.07) is 20.6. The highest BCUT2D eigenvalue weighted by Gasteiger charge is 2.23. The first kappa shape index (κ1) is 18.9. The molecule has 3 aromatic carbocycles. The number of aryl methyl sites for hydroxylation is 1. The number of hydrogen-bond donors (Lipinski definition) is 0. The van der Waals surface area contributed by atoms with Gasteiger partial charge in [0.05, 0.1) is 21.8 Å². The lowest BCUT2D eigenvalue weighted by Gasteiger charge is -2.20. The number of rotatable bonds is 4. The van der Waals surface area contributed by atoms with Gasteiger partial charge in [0.1, 0.15) is 0 Å². The number of thiazole rings is 1. The zero-order valence-electron chi connectivity index (χ0n) is 15.0. The molecule has 0 unspecified atom stereocenters. The maximum absolute atomic E-state index is 13.3. The van der Waals surface area contributed by atoms with Crippen molar-refractivity contribution in [3.8, 4) is 0 Å². The molecule has 0 aliphatic rings. The molecule has 4 rings (SSSR count). The number of fused-ring (bicyclic) bond motifs is 1. The van der Waals surface area contributed by atoms with Crippen LogP contribution in [0.2, 0.25) is 10.0 Å². The Hall–Kier alpha value is -2.40. The van der Waals surface area contributed by atoms with Crippen LogP contribution in [0, 0.1) is 6.92 Å². The second-order valence-corrected chi connectivity index (χ2v) is 8.25. The monoisotopic (exact) mass is 426 g/mol. The predicted octanol–water partition coefficient (Wildman–Crippen LogP) is 6.76. The van der Waals surface area contributed by atoms with Gasteiger partial charge in [0.25, 0.3) is 5.91 Å². The molecule has 1 aromatic heterocycles. The summed E-state index contributed by atoms with van der Waals surface area (Å²) < 4.78 is 0.883. The van der Waals surface area contributed by atoms with Gasteiger partial charge in [-0.15, -0.1) is 0 Å². The van der Waals surface area contributed by atoms with Crippen molar-refractivity contribution in [3.05, 3.63) is 93.5 Å². The Bertz CT molecular complexity index is 1120. The van der Waals surface area contributed by atoms with Gasteiger partial charge < -0.3 is 0 Å². The van der Waals surface area contributed by atoms with E-state index in [-0.39, 0.29) is 5.91 Å². The third kappa shape index (κ3) is 3.76. The minimum atomic E-state index is -0.154. The normalized spacial score (nSPS) is 11.0. The van der Waals surface area contributed by atoms with Crippen molar-refractivity contribution in [2.45, 2.75) is 13.5 Å². The van der Waals surface area contributed by atoms with Crippen LogP contribution in [0.4, 0.5) is 5.13 Å². The molecule has 6 heteroatoms. The lowest BCUT2D eigenvalue weighted by molar-refractivity contribution is 0.0985. The highest BCUT2D eigenvalue weighted by Crippen LogP contribution is 2.36. The fourth-order valence-electron chi connectivity index (χ4n) is 2.98. The first-order chi connectivity index (χ1) is 13.5. The highest BCUT2D eigenvalue weighted by molar-refractivity contribution is 7.23. The third-order valence-corrected chi connectivity index (χ3v) is 6.19. The molecule has 0 radical (unpaired) electrons. The summed E-state index contributed by atoms with van der Waals surface area (Å²) in [5, 5.41) is 1.77. The zero-order valence-corrected chi connectivity index (χ0v) is 17.4. The van der Waals surface area contributed by atoms with Gasteiger partial charge in [-0.3, -0.25) is 9.69 Å². The van der Waals surface area contributed by atoms with Gasteiger partial charge in [0, 0.05) is 10.6 Å². The molecule has 0 bridgehead atoms. The molecule has 0 aliphatic heterocycles. The molecule has 0 fully saturated rings. The van der Waals surface area contributed by atoms with E-state index >= 15 is 0 Å². The summed E-state index contributed by atoms with van der Waals surface area (Å²) in [6.07, 6.45) is 0. The molecular formula is C22H16Cl2N2OS. The summed E-state index contributed by atoms with van der Waals surface area (Å²) in [4.78, 5) is 19.8. The van der Waals surface area contributed by atoms with Crippen molar-refractivity contribution in [2.24, 2.45) is 0 Å². The van der Waals surface area contributed by atoms with Crippen molar-refractivity contribution in [1.82, 2.24) is 4.98 Å². The van der Waals surface area contributed by atoms with Gasteiger partial charge in [0.15, 0.2) is 5.13 Å². The molecule has 1 heterocycles. The van der Waals surface area contributed by atoms with Crippen molar-refractivity contribution in [1.29, 1.82) is 0 Å². The fourth-order valence-corrected chi connectivity index (χ4v) is 4.48. The standard InChI is InChI=1S/C22H16Cl2N2OS/c1-14-10-11-18(24)20-19(14)25-22(28-20)26(13-15-6-3-2-4-7-15)21(27)16-8-5-9-17(23)12-16/h2-12H,13H2,1H3. The third-order valence-electron chi connectivity index (χ3n) is 4.42. The van der Waals surface area contributed by atoms with E-state index in [1.54, 1.807) is 29.2 Å². The molecule has 0 saturated heterocycles. The van der Waals surface area contributed by atoms with E-state index in [1.165, 1.54) is 11.3 Å². The summed E-state index contributed by atoms with van der Waals surface area (Å²) >= 11 is 13.9. The molecule has 140 valence electrons. The lowest BCUT2D eigenvalue weighted by Crippen LogP contribution is -2.30. The molecule has 0 atom stereocenters. The van der Waals surface area contributed by atoms with Crippen LogP contribution in [0.25, 0.3) is 10.2 Å². The number of nitrogens with zero attached hydrogens (tertiary/aromatic N) is 2. The summed E-state index contributed by atoms with van der Waals surface area (Å²) in [6.45, 7) is 2.39. The topological polar surface area (TPSA) is 33.2 Å². The molecule has 0 aliphatic carbocycles. The van der Waals surface area contributed by atoms with E-state index in [4.69, 9.17) is 28.2 Å². The number of carbonyl (C=O) groups excluding carboxylic acids is 1. The van der Waals surface area contributed by atoms with Crippen LogP contribution in [0.5, 0.6) is 0 Å². The van der Waals surface area contributed by atoms with E-state index in [9.17, 15) is 4.79 Å².